The van der Waals surface area contributed by atoms with E-state index >= 15 is 0 Å². The Labute approximate surface area is 74.3 Å². The van der Waals surface area contributed by atoms with E-state index in [1.165, 1.54) is 24.3 Å². The SMILES string of the molecule is CC(=O)C=Cc1cc(Cl)cs1. The zero-order chi connectivity index (χ0) is 8.27. The second kappa shape index (κ2) is 3.69. The van der Waals surface area contributed by atoms with Gasteiger partial charge in [0.1, 0.15) is 0 Å². The molecule has 0 saturated heterocycles. The van der Waals surface area contributed by atoms with Gasteiger partial charge in [-0.05, 0) is 25.1 Å². The van der Waals surface area contributed by atoms with Gasteiger partial charge in [-0.2, -0.15) is 0 Å². The molecule has 11 heavy (non-hydrogen) atoms. The van der Waals surface area contributed by atoms with Crippen molar-refractivity contribution in [3.8, 4) is 0 Å². The second-order valence-corrected chi connectivity index (χ2v) is 3.49. The van der Waals surface area contributed by atoms with Crippen LogP contribution in [0.2, 0.25) is 5.02 Å². The van der Waals surface area contributed by atoms with Gasteiger partial charge in [-0.1, -0.05) is 11.6 Å². The molecule has 1 aromatic heterocycles. The van der Waals surface area contributed by atoms with Crippen LogP contribution in [-0.4, -0.2) is 5.78 Å². The molecule has 1 aromatic rings. The maximum Gasteiger partial charge on any atom is 0.152 e. The number of hydrogen-bond donors (Lipinski definition) is 0. The molecule has 0 radical (unpaired) electrons. The molecule has 3 heteroatoms. The molecule has 0 saturated carbocycles. The molecule has 0 bridgehead atoms. The van der Waals surface area contributed by atoms with Crippen LogP contribution in [-0.2, 0) is 4.79 Å². The Bertz CT molecular complexity index is 288. The van der Waals surface area contributed by atoms with Gasteiger partial charge in [0, 0.05) is 10.3 Å². The maximum atomic E-state index is 10.5. The minimum absolute atomic E-state index is 0.0505. The average molecular weight is 187 g/mol. The zero-order valence-corrected chi connectivity index (χ0v) is 7.58. The first-order chi connectivity index (χ1) is 5.18. The van der Waals surface area contributed by atoms with Gasteiger partial charge in [0.25, 0.3) is 0 Å². The Morgan fingerprint density at radius 2 is 2.45 bits per heavy atom. The Morgan fingerprint density at radius 3 is 2.91 bits per heavy atom. The summed E-state index contributed by atoms with van der Waals surface area (Å²) in [5.41, 5.74) is 0. The monoisotopic (exact) mass is 186 g/mol. The average Bonchev–Trinajstić information content (AvgIpc) is 2.31. The van der Waals surface area contributed by atoms with Crippen molar-refractivity contribution >= 4 is 34.8 Å². The Balaban J connectivity index is 2.71. The van der Waals surface area contributed by atoms with E-state index in [0.717, 1.165) is 9.90 Å². The number of halogens is 1. The van der Waals surface area contributed by atoms with Crippen LogP contribution in [0, 0.1) is 0 Å². The summed E-state index contributed by atoms with van der Waals surface area (Å²) >= 11 is 7.19. The molecule has 0 fully saturated rings. The Hall–Kier alpha value is -0.600. The molecule has 0 aliphatic heterocycles. The van der Waals surface area contributed by atoms with Crippen molar-refractivity contribution in [3.05, 3.63) is 27.4 Å². The molecule has 0 spiro atoms. The molecule has 0 amide bonds. The van der Waals surface area contributed by atoms with Gasteiger partial charge < -0.3 is 0 Å². The Morgan fingerprint density at radius 1 is 1.73 bits per heavy atom. The lowest BCUT2D eigenvalue weighted by molar-refractivity contribution is -0.112. The number of thiophene rings is 1. The molecular formula is C8H7ClOS. The molecule has 58 valence electrons. The van der Waals surface area contributed by atoms with E-state index in [1.807, 2.05) is 11.4 Å². The number of hydrogen-bond acceptors (Lipinski definition) is 2. The second-order valence-electron chi connectivity index (χ2n) is 2.11. The molecule has 0 aliphatic carbocycles. The van der Waals surface area contributed by atoms with Crippen LogP contribution in [0.25, 0.3) is 6.08 Å². The van der Waals surface area contributed by atoms with Crippen molar-refractivity contribution < 1.29 is 4.79 Å². The van der Waals surface area contributed by atoms with E-state index in [1.54, 1.807) is 6.08 Å². The summed E-state index contributed by atoms with van der Waals surface area (Å²) in [6, 6.07) is 1.83. The molecule has 0 unspecified atom stereocenters. The van der Waals surface area contributed by atoms with E-state index in [4.69, 9.17) is 11.6 Å². The van der Waals surface area contributed by atoms with Crippen LogP contribution in [0.5, 0.6) is 0 Å². The van der Waals surface area contributed by atoms with Crippen molar-refractivity contribution in [2.45, 2.75) is 6.92 Å². The summed E-state index contributed by atoms with van der Waals surface area (Å²) < 4.78 is 0. The number of carbonyl (C=O) groups is 1. The van der Waals surface area contributed by atoms with Gasteiger partial charge in [-0.3, -0.25) is 4.79 Å². The van der Waals surface area contributed by atoms with Gasteiger partial charge in [-0.25, -0.2) is 0 Å². The van der Waals surface area contributed by atoms with Crippen molar-refractivity contribution in [1.29, 1.82) is 0 Å². The zero-order valence-electron chi connectivity index (χ0n) is 6.00. The minimum atomic E-state index is 0.0505. The molecule has 1 nitrogen and oxygen atoms in total. The maximum absolute atomic E-state index is 10.5. The first-order valence-corrected chi connectivity index (χ1v) is 4.37. The standard InChI is InChI=1S/C8H7ClOS/c1-6(10)2-3-8-4-7(9)5-11-8/h2-5H,1H3. The van der Waals surface area contributed by atoms with E-state index in [9.17, 15) is 4.79 Å². The smallest absolute Gasteiger partial charge is 0.152 e. The van der Waals surface area contributed by atoms with Crippen LogP contribution in [0.1, 0.15) is 11.8 Å². The first kappa shape index (κ1) is 8.50. The third-order valence-electron chi connectivity index (χ3n) is 1.07. The van der Waals surface area contributed by atoms with Crippen molar-refractivity contribution in [2.24, 2.45) is 0 Å². The highest BCUT2D eigenvalue weighted by Crippen LogP contribution is 2.19. The molecule has 0 aliphatic rings. The van der Waals surface area contributed by atoms with Crippen LogP contribution in [0.15, 0.2) is 17.5 Å². The highest BCUT2D eigenvalue weighted by Gasteiger charge is 1.92. The van der Waals surface area contributed by atoms with E-state index in [0.29, 0.717) is 0 Å². The predicted molar refractivity (Wildman–Crippen MR) is 49.0 cm³/mol. The van der Waals surface area contributed by atoms with Gasteiger partial charge in [0.2, 0.25) is 0 Å². The molecule has 0 N–H and O–H groups in total. The minimum Gasteiger partial charge on any atom is -0.295 e. The molecule has 0 atom stereocenters. The topological polar surface area (TPSA) is 17.1 Å². The third kappa shape index (κ3) is 2.87. The van der Waals surface area contributed by atoms with Gasteiger partial charge >= 0.3 is 0 Å². The summed E-state index contributed by atoms with van der Waals surface area (Å²) in [7, 11) is 0. The highest BCUT2D eigenvalue weighted by molar-refractivity contribution is 7.11. The number of carbonyl (C=O) groups excluding carboxylic acids is 1. The van der Waals surface area contributed by atoms with E-state index in [2.05, 4.69) is 0 Å². The summed E-state index contributed by atoms with van der Waals surface area (Å²) in [4.78, 5) is 11.5. The lowest BCUT2D eigenvalue weighted by Crippen LogP contribution is -1.77. The predicted octanol–water partition coefficient (Wildman–Crippen LogP) is 3.00. The fourth-order valence-corrected chi connectivity index (χ4v) is 1.59. The largest absolute Gasteiger partial charge is 0.295 e. The first-order valence-electron chi connectivity index (χ1n) is 3.11. The summed E-state index contributed by atoms with van der Waals surface area (Å²) in [6.45, 7) is 1.52. The van der Waals surface area contributed by atoms with Gasteiger partial charge in [0.15, 0.2) is 5.78 Å². The molecule has 1 heterocycles. The van der Waals surface area contributed by atoms with Gasteiger partial charge in [-0.15, -0.1) is 11.3 Å². The fraction of sp³-hybridized carbons (Fsp3) is 0.125. The third-order valence-corrected chi connectivity index (χ3v) is 2.32. The Kier molecular flexibility index (Phi) is 2.85. The lowest BCUT2D eigenvalue weighted by atomic mass is 10.3. The quantitative estimate of drug-likeness (QED) is 0.649. The lowest BCUT2D eigenvalue weighted by Gasteiger charge is -1.79. The van der Waals surface area contributed by atoms with Gasteiger partial charge in [0.05, 0.1) is 5.02 Å². The molecule has 0 aromatic carbocycles. The summed E-state index contributed by atoms with van der Waals surface area (Å²) in [5.74, 6) is 0.0505. The number of rotatable bonds is 2. The molecule has 1 rings (SSSR count). The van der Waals surface area contributed by atoms with Crippen molar-refractivity contribution in [2.75, 3.05) is 0 Å². The van der Waals surface area contributed by atoms with Crippen LogP contribution in [0.3, 0.4) is 0 Å². The van der Waals surface area contributed by atoms with E-state index in [-0.39, 0.29) is 5.78 Å². The van der Waals surface area contributed by atoms with E-state index < -0.39 is 0 Å². The number of ketones is 1. The highest BCUT2D eigenvalue weighted by atomic mass is 35.5. The summed E-state index contributed by atoms with van der Waals surface area (Å²) in [5, 5.41) is 2.56. The summed E-state index contributed by atoms with van der Waals surface area (Å²) in [6.07, 6.45) is 3.29. The normalized spacial score (nSPS) is 10.7. The molecular weight excluding hydrogens is 180 g/mol. The van der Waals surface area contributed by atoms with Crippen molar-refractivity contribution in [1.82, 2.24) is 0 Å². The van der Waals surface area contributed by atoms with Crippen LogP contribution in [0.4, 0.5) is 0 Å². The fourth-order valence-electron chi connectivity index (χ4n) is 0.615. The number of allylic oxidation sites excluding steroid dienone is 1. The van der Waals surface area contributed by atoms with Crippen LogP contribution < -0.4 is 0 Å². The van der Waals surface area contributed by atoms with Crippen LogP contribution >= 0.6 is 22.9 Å². The van der Waals surface area contributed by atoms with Crippen molar-refractivity contribution in [3.63, 3.8) is 0 Å².